The summed E-state index contributed by atoms with van der Waals surface area (Å²) in [7, 11) is 0. The van der Waals surface area contributed by atoms with E-state index in [1.807, 2.05) is 0 Å². The molecule has 8 heteroatoms. The summed E-state index contributed by atoms with van der Waals surface area (Å²) < 4.78 is 14.7. The van der Waals surface area contributed by atoms with Gasteiger partial charge in [-0.3, -0.25) is 9.59 Å². The summed E-state index contributed by atoms with van der Waals surface area (Å²) in [6, 6.07) is 12.8. The molecule has 0 fully saturated rings. The molecule has 2 aromatic carbocycles. The number of carbonyl (C=O) groups is 1. The third-order valence-corrected chi connectivity index (χ3v) is 5.01. The van der Waals surface area contributed by atoms with E-state index in [0.717, 1.165) is 10.7 Å². The van der Waals surface area contributed by atoms with E-state index in [2.05, 4.69) is 10.4 Å². The summed E-state index contributed by atoms with van der Waals surface area (Å²) in [5.74, 6) is -1.21. The minimum atomic E-state index is -1.19. The van der Waals surface area contributed by atoms with Crippen molar-refractivity contribution in [2.45, 2.75) is 32.4 Å². The van der Waals surface area contributed by atoms with Crippen LogP contribution in [0.1, 0.15) is 31.1 Å². The van der Waals surface area contributed by atoms with E-state index >= 15 is 0 Å². The molecule has 1 aromatic heterocycles. The Labute approximate surface area is 177 Å². The highest BCUT2D eigenvalue weighted by molar-refractivity contribution is 6.30. The fourth-order valence-corrected chi connectivity index (χ4v) is 2.78. The second-order valence-electron chi connectivity index (χ2n) is 7.50. The van der Waals surface area contributed by atoms with Gasteiger partial charge in [-0.2, -0.15) is 9.78 Å². The molecule has 1 amide bonds. The fraction of sp³-hybridized carbons (Fsp3) is 0.227. The molecule has 2 N–H and O–H groups in total. The summed E-state index contributed by atoms with van der Waals surface area (Å²) in [6.07, 6.45) is 0. The zero-order valence-corrected chi connectivity index (χ0v) is 17.4. The summed E-state index contributed by atoms with van der Waals surface area (Å²) in [6.45, 7) is 4.73. The lowest BCUT2D eigenvalue weighted by Crippen LogP contribution is -2.48. The van der Waals surface area contributed by atoms with Crippen LogP contribution in [0.4, 0.5) is 4.39 Å². The SMILES string of the molecule is C[C@@H](NC(=O)c1cc(-c2ccc(Cl)cc2)nn(-c2cccc(F)c2)c1=O)C(C)(C)O. The van der Waals surface area contributed by atoms with Gasteiger partial charge in [0.1, 0.15) is 11.4 Å². The van der Waals surface area contributed by atoms with Crippen LogP contribution in [0.5, 0.6) is 0 Å². The number of amides is 1. The number of rotatable bonds is 5. The molecule has 0 radical (unpaired) electrons. The first kappa shape index (κ1) is 21.7. The normalized spacial score (nSPS) is 12.5. The molecule has 1 heterocycles. The monoisotopic (exact) mass is 429 g/mol. The van der Waals surface area contributed by atoms with Crippen molar-refractivity contribution in [2.75, 3.05) is 0 Å². The number of aromatic nitrogens is 2. The number of carbonyl (C=O) groups excluding carboxylic acids is 1. The Balaban J connectivity index is 2.17. The van der Waals surface area contributed by atoms with E-state index in [-0.39, 0.29) is 11.3 Å². The largest absolute Gasteiger partial charge is 0.388 e. The van der Waals surface area contributed by atoms with Crippen LogP contribution in [0.15, 0.2) is 59.4 Å². The van der Waals surface area contributed by atoms with Crippen LogP contribution >= 0.6 is 11.6 Å². The number of nitrogens with zero attached hydrogens (tertiary/aromatic N) is 2. The van der Waals surface area contributed by atoms with Gasteiger partial charge in [0.05, 0.1) is 23.0 Å². The van der Waals surface area contributed by atoms with Gasteiger partial charge < -0.3 is 10.4 Å². The second-order valence-corrected chi connectivity index (χ2v) is 7.93. The maximum absolute atomic E-state index is 13.7. The minimum absolute atomic E-state index is 0.181. The topological polar surface area (TPSA) is 84.2 Å². The van der Waals surface area contributed by atoms with Crippen molar-refractivity contribution < 1.29 is 14.3 Å². The Hall–Kier alpha value is -3.03. The van der Waals surface area contributed by atoms with Crippen LogP contribution in [0, 0.1) is 5.82 Å². The molecule has 0 aliphatic carbocycles. The van der Waals surface area contributed by atoms with Crippen LogP contribution in [0.3, 0.4) is 0 Å². The van der Waals surface area contributed by atoms with Crippen molar-refractivity contribution in [3.63, 3.8) is 0 Å². The van der Waals surface area contributed by atoms with Crippen LogP contribution in [-0.2, 0) is 0 Å². The Kier molecular flexibility index (Phi) is 6.05. The zero-order valence-electron chi connectivity index (χ0n) is 16.7. The molecular weight excluding hydrogens is 409 g/mol. The molecule has 0 unspecified atom stereocenters. The van der Waals surface area contributed by atoms with E-state index in [1.165, 1.54) is 24.3 Å². The number of hydrogen-bond donors (Lipinski definition) is 2. The molecular formula is C22H21ClFN3O3. The Bertz CT molecular complexity index is 1140. The van der Waals surface area contributed by atoms with Gasteiger partial charge in [-0.1, -0.05) is 29.8 Å². The molecule has 6 nitrogen and oxygen atoms in total. The number of benzene rings is 2. The average molecular weight is 430 g/mol. The van der Waals surface area contributed by atoms with Gasteiger partial charge in [0.15, 0.2) is 0 Å². The highest BCUT2D eigenvalue weighted by atomic mass is 35.5. The standard InChI is InChI=1S/C22H21ClFN3O3/c1-13(22(2,3)30)25-20(28)18-12-19(14-7-9-15(23)10-8-14)26-27(21(18)29)17-6-4-5-16(24)11-17/h4-13,30H,1-3H3,(H,25,28)/t13-/m1/s1. The van der Waals surface area contributed by atoms with E-state index < -0.39 is 28.9 Å². The van der Waals surface area contributed by atoms with Crippen molar-refractivity contribution in [1.82, 2.24) is 15.1 Å². The molecule has 0 aliphatic rings. The van der Waals surface area contributed by atoms with Gasteiger partial charge in [-0.15, -0.1) is 0 Å². The van der Waals surface area contributed by atoms with Gasteiger partial charge >= 0.3 is 0 Å². The lowest BCUT2D eigenvalue weighted by Gasteiger charge is -2.26. The Morgan fingerprint density at radius 3 is 2.47 bits per heavy atom. The van der Waals surface area contributed by atoms with Gasteiger partial charge in [0, 0.05) is 10.6 Å². The summed E-state index contributed by atoms with van der Waals surface area (Å²) in [4.78, 5) is 25.9. The average Bonchev–Trinajstić information content (AvgIpc) is 2.68. The predicted octanol–water partition coefficient (Wildman–Crippen LogP) is 3.58. The lowest BCUT2D eigenvalue weighted by atomic mass is 10.0. The Morgan fingerprint density at radius 1 is 1.20 bits per heavy atom. The lowest BCUT2D eigenvalue weighted by molar-refractivity contribution is 0.0408. The zero-order chi connectivity index (χ0) is 22.1. The summed E-state index contributed by atoms with van der Waals surface area (Å²) >= 11 is 5.95. The predicted molar refractivity (Wildman–Crippen MR) is 113 cm³/mol. The van der Waals surface area contributed by atoms with Crippen molar-refractivity contribution in [2.24, 2.45) is 0 Å². The fourth-order valence-electron chi connectivity index (χ4n) is 2.65. The van der Waals surface area contributed by atoms with E-state index in [1.54, 1.807) is 45.0 Å². The van der Waals surface area contributed by atoms with Crippen LogP contribution in [0.25, 0.3) is 16.9 Å². The molecule has 30 heavy (non-hydrogen) atoms. The molecule has 3 aromatic rings. The first-order valence-corrected chi connectivity index (χ1v) is 9.63. The van der Waals surface area contributed by atoms with E-state index in [9.17, 15) is 19.1 Å². The highest BCUT2D eigenvalue weighted by Crippen LogP contribution is 2.21. The molecule has 0 saturated carbocycles. The first-order valence-electron chi connectivity index (χ1n) is 9.26. The molecule has 0 saturated heterocycles. The smallest absolute Gasteiger partial charge is 0.284 e. The van der Waals surface area contributed by atoms with Crippen LogP contribution in [-0.4, -0.2) is 32.4 Å². The Morgan fingerprint density at radius 2 is 1.87 bits per heavy atom. The summed E-state index contributed by atoms with van der Waals surface area (Å²) in [5, 5.41) is 17.6. The van der Waals surface area contributed by atoms with Gasteiger partial charge in [0.25, 0.3) is 11.5 Å². The minimum Gasteiger partial charge on any atom is -0.388 e. The number of nitrogens with one attached hydrogen (secondary N) is 1. The molecule has 0 spiro atoms. The number of aliphatic hydroxyl groups is 1. The van der Waals surface area contributed by atoms with Crippen molar-refractivity contribution in [3.8, 4) is 16.9 Å². The number of halogens is 2. The van der Waals surface area contributed by atoms with Gasteiger partial charge in [-0.25, -0.2) is 4.39 Å². The number of hydrogen-bond acceptors (Lipinski definition) is 4. The highest BCUT2D eigenvalue weighted by Gasteiger charge is 2.26. The molecule has 3 rings (SSSR count). The van der Waals surface area contributed by atoms with Gasteiger partial charge in [0.2, 0.25) is 0 Å². The van der Waals surface area contributed by atoms with Crippen molar-refractivity contribution >= 4 is 17.5 Å². The molecule has 1 atom stereocenters. The maximum Gasteiger partial charge on any atom is 0.284 e. The van der Waals surface area contributed by atoms with Crippen LogP contribution < -0.4 is 10.9 Å². The molecule has 0 bridgehead atoms. The van der Waals surface area contributed by atoms with Crippen molar-refractivity contribution in [3.05, 3.63) is 81.4 Å². The van der Waals surface area contributed by atoms with Gasteiger partial charge in [-0.05, 0) is 57.2 Å². The van der Waals surface area contributed by atoms with Crippen molar-refractivity contribution in [1.29, 1.82) is 0 Å². The first-order chi connectivity index (χ1) is 14.1. The quantitative estimate of drug-likeness (QED) is 0.649. The molecule has 0 aliphatic heterocycles. The molecule has 156 valence electrons. The third-order valence-electron chi connectivity index (χ3n) is 4.76. The maximum atomic E-state index is 13.7. The van der Waals surface area contributed by atoms with E-state index in [4.69, 9.17) is 11.6 Å². The summed E-state index contributed by atoms with van der Waals surface area (Å²) in [5.41, 5.74) is -0.955. The van der Waals surface area contributed by atoms with Crippen LogP contribution in [0.2, 0.25) is 5.02 Å². The van der Waals surface area contributed by atoms with E-state index in [0.29, 0.717) is 16.3 Å². The third kappa shape index (κ3) is 4.75. The second kappa shape index (κ2) is 8.38.